The lowest BCUT2D eigenvalue weighted by atomic mass is 10.2. The second-order valence-corrected chi connectivity index (χ2v) is 5.10. The number of nitrogens with zero attached hydrogens (tertiary/aromatic N) is 3. The Morgan fingerprint density at radius 3 is 2.41 bits per heavy atom. The van der Waals surface area contributed by atoms with Crippen molar-refractivity contribution in [2.75, 3.05) is 39.8 Å². The van der Waals surface area contributed by atoms with Gasteiger partial charge in [-0.1, -0.05) is 0 Å². The van der Waals surface area contributed by atoms with E-state index in [1.807, 2.05) is 0 Å². The molecule has 1 aliphatic rings. The number of non-ortho nitro benzene ring substituents is 1. The molecular weight excluding hydrogens is 288 g/mol. The van der Waals surface area contributed by atoms with Crippen LogP contribution < -0.4 is 5.32 Å². The fourth-order valence-corrected chi connectivity index (χ4v) is 2.24. The molecule has 0 unspecified atom stereocenters. The Morgan fingerprint density at radius 2 is 1.86 bits per heavy atom. The topological polar surface area (TPSA) is 95.8 Å². The second kappa shape index (κ2) is 6.99. The number of carbonyl (C=O) groups is 2. The van der Waals surface area contributed by atoms with E-state index in [2.05, 4.69) is 5.32 Å². The number of nitrogens with one attached hydrogen (secondary N) is 1. The SMILES string of the molecule is CN(CC(=O)N1CCNCC1)C(=O)c1ccc([N+](=O)[O-])cc1. The van der Waals surface area contributed by atoms with Gasteiger partial charge in [-0.05, 0) is 12.1 Å². The minimum absolute atomic E-state index is 0.00415. The van der Waals surface area contributed by atoms with Gasteiger partial charge >= 0.3 is 0 Å². The average Bonchev–Trinajstić information content (AvgIpc) is 2.55. The molecular formula is C14H18N4O4. The van der Waals surface area contributed by atoms with Crippen LogP contribution in [-0.2, 0) is 4.79 Å². The van der Waals surface area contributed by atoms with Gasteiger partial charge in [0.15, 0.2) is 0 Å². The molecule has 0 atom stereocenters. The Balaban J connectivity index is 1.96. The van der Waals surface area contributed by atoms with E-state index in [0.29, 0.717) is 18.7 Å². The van der Waals surface area contributed by atoms with Crippen LogP contribution in [0.25, 0.3) is 0 Å². The zero-order valence-electron chi connectivity index (χ0n) is 12.3. The third-order valence-electron chi connectivity index (χ3n) is 3.51. The van der Waals surface area contributed by atoms with Gasteiger partial charge in [-0.3, -0.25) is 19.7 Å². The van der Waals surface area contributed by atoms with E-state index >= 15 is 0 Å². The number of carbonyl (C=O) groups excluding carboxylic acids is 2. The molecule has 2 rings (SSSR count). The Kier molecular flexibility index (Phi) is 5.05. The normalized spacial score (nSPS) is 14.5. The summed E-state index contributed by atoms with van der Waals surface area (Å²) in [6, 6.07) is 5.34. The maximum absolute atomic E-state index is 12.2. The fourth-order valence-electron chi connectivity index (χ4n) is 2.24. The molecule has 0 bridgehead atoms. The molecule has 8 nitrogen and oxygen atoms in total. The van der Waals surface area contributed by atoms with Gasteiger partial charge in [-0.2, -0.15) is 0 Å². The maximum Gasteiger partial charge on any atom is 0.269 e. The van der Waals surface area contributed by atoms with Crippen molar-refractivity contribution < 1.29 is 14.5 Å². The van der Waals surface area contributed by atoms with Gasteiger partial charge in [0, 0.05) is 50.9 Å². The van der Waals surface area contributed by atoms with Gasteiger partial charge in [0.05, 0.1) is 11.5 Å². The number of nitro benzene ring substituents is 1. The summed E-state index contributed by atoms with van der Waals surface area (Å²) in [7, 11) is 1.55. The van der Waals surface area contributed by atoms with Gasteiger partial charge in [-0.15, -0.1) is 0 Å². The van der Waals surface area contributed by atoms with Gasteiger partial charge in [0.25, 0.3) is 11.6 Å². The van der Waals surface area contributed by atoms with Crippen molar-refractivity contribution in [2.24, 2.45) is 0 Å². The van der Waals surface area contributed by atoms with E-state index in [9.17, 15) is 19.7 Å². The van der Waals surface area contributed by atoms with Crippen molar-refractivity contribution in [1.82, 2.24) is 15.1 Å². The second-order valence-electron chi connectivity index (χ2n) is 5.10. The Morgan fingerprint density at radius 1 is 1.27 bits per heavy atom. The molecule has 1 heterocycles. The highest BCUT2D eigenvalue weighted by molar-refractivity contribution is 5.96. The molecule has 22 heavy (non-hydrogen) atoms. The van der Waals surface area contributed by atoms with Crippen LogP contribution in [0.2, 0.25) is 0 Å². The van der Waals surface area contributed by atoms with Crippen molar-refractivity contribution in [3.8, 4) is 0 Å². The maximum atomic E-state index is 12.2. The Labute approximate surface area is 127 Å². The number of hydrogen-bond acceptors (Lipinski definition) is 5. The number of piperazine rings is 1. The molecule has 1 aliphatic heterocycles. The highest BCUT2D eigenvalue weighted by Crippen LogP contribution is 2.13. The summed E-state index contributed by atoms with van der Waals surface area (Å²) >= 11 is 0. The lowest BCUT2D eigenvalue weighted by molar-refractivity contribution is -0.384. The lowest BCUT2D eigenvalue weighted by Gasteiger charge is -2.29. The molecule has 1 fully saturated rings. The third kappa shape index (κ3) is 3.79. The first-order chi connectivity index (χ1) is 10.5. The van der Waals surface area contributed by atoms with Gasteiger partial charge in [0.1, 0.15) is 0 Å². The minimum atomic E-state index is -0.522. The molecule has 2 amide bonds. The minimum Gasteiger partial charge on any atom is -0.339 e. The molecule has 0 radical (unpaired) electrons. The summed E-state index contributed by atoms with van der Waals surface area (Å²) in [4.78, 5) is 37.4. The Hall–Kier alpha value is -2.48. The standard InChI is InChI=1S/C14H18N4O4/c1-16(10-13(19)17-8-6-15-7-9-17)14(20)11-2-4-12(5-3-11)18(21)22/h2-5,15H,6-10H2,1H3. The van der Waals surface area contributed by atoms with Gasteiger partial charge in [-0.25, -0.2) is 0 Å². The van der Waals surface area contributed by atoms with Crippen LogP contribution in [0, 0.1) is 10.1 Å². The van der Waals surface area contributed by atoms with Gasteiger partial charge < -0.3 is 15.1 Å². The molecule has 1 aromatic carbocycles. The first-order valence-corrected chi connectivity index (χ1v) is 6.97. The molecule has 0 aromatic heterocycles. The van der Waals surface area contributed by atoms with E-state index in [4.69, 9.17) is 0 Å². The number of rotatable bonds is 4. The van der Waals surface area contributed by atoms with Crippen LogP contribution in [-0.4, -0.2) is 66.3 Å². The first kappa shape index (κ1) is 15.9. The largest absolute Gasteiger partial charge is 0.339 e. The number of likely N-dealkylation sites (N-methyl/N-ethyl adjacent to an activating group) is 1. The van der Waals surface area contributed by atoms with Crippen LogP contribution in [0.1, 0.15) is 10.4 Å². The molecule has 8 heteroatoms. The van der Waals surface area contributed by atoms with E-state index in [-0.39, 0.29) is 24.0 Å². The number of hydrogen-bond donors (Lipinski definition) is 1. The molecule has 1 aromatic rings. The van der Waals surface area contributed by atoms with Crippen LogP contribution in [0.15, 0.2) is 24.3 Å². The van der Waals surface area contributed by atoms with Crippen molar-refractivity contribution >= 4 is 17.5 Å². The van der Waals surface area contributed by atoms with E-state index in [1.54, 1.807) is 11.9 Å². The molecule has 0 aliphatic carbocycles. The van der Waals surface area contributed by atoms with Crippen LogP contribution in [0.5, 0.6) is 0 Å². The highest BCUT2D eigenvalue weighted by atomic mass is 16.6. The van der Waals surface area contributed by atoms with Crippen molar-refractivity contribution in [3.05, 3.63) is 39.9 Å². The molecule has 1 N–H and O–H groups in total. The van der Waals surface area contributed by atoms with Crippen molar-refractivity contribution in [2.45, 2.75) is 0 Å². The summed E-state index contributed by atoms with van der Waals surface area (Å²) < 4.78 is 0. The molecule has 0 spiro atoms. The van der Waals surface area contributed by atoms with Crippen LogP contribution >= 0.6 is 0 Å². The smallest absolute Gasteiger partial charge is 0.269 e. The highest BCUT2D eigenvalue weighted by Gasteiger charge is 2.21. The summed E-state index contributed by atoms with van der Waals surface area (Å²) in [5.41, 5.74) is 0.248. The average molecular weight is 306 g/mol. The van der Waals surface area contributed by atoms with Crippen molar-refractivity contribution in [1.29, 1.82) is 0 Å². The predicted molar refractivity (Wildman–Crippen MR) is 79.5 cm³/mol. The van der Waals surface area contributed by atoms with Crippen LogP contribution in [0.4, 0.5) is 5.69 Å². The fraction of sp³-hybridized carbons (Fsp3) is 0.429. The van der Waals surface area contributed by atoms with E-state index in [0.717, 1.165) is 13.1 Å². The zero-order chi connectivity index (χ0) is 16.1. The summed E-state index contributed by atoms with van der Waals surface area (Å²) in [5.74, 6) is -0.433. The third-order valence-corrected chi connectivity index (χ3v) is 3.51. The first-order valence-electron chi connectivity index (χ1n) is 6.97. The quantitative estimate of drug-likeness (QED) is 0.628. The van der Waals surface area contributed by atoms with Gasteiger partial charge in [0.2, 0.25) is 5.91 Å². The van der Waals surface area contributed by atoms with E-state index < -0.39 is 4.92 Å². The molecule has 118 valence electrons. The van der Waals surface area contributed by atoms with Crippen molar-refractivity contribution in [3.63, 3.8) is 0 Å². The summed E-state index contributed by atoms with van der Waals surface area (Å²) in [5, 5.41) is 13.7. The number of benzene rings is 1. The summed E-state index contributed by atoms with van der Waals surface area (Å²) in [6.45, 7) is 2.78. The molecule has 1 saturated heterocycles. The van der Waals surface area contributed by atoms with Crippen LogP contribution in [0.3, 0.4) is 0 Å². The predicted octanol–water partition coefficient (Wildman–Crippen LogP) is 0.0986. The lowest BCUT2D eigenvalue weighted by Crippen LogP contribution is -2.49. The molecule has 0 saturated carbocycles. The summed E-state index contributed by atoms with van der Waals surface area (Å²) in [6.07, 6.45) is 0. The monoisotopic (exact) mass is 306 g/mol. The van der Waals surface area contributed by atoms with E-state index in [1.165, 1.54) is 29.2 Å². The number of nitro groups is 1. The Bertz CT molecular complexity index is 567. The zero-order valence-corrected chi connectivity index (χ0v) is 12.3. The number of amides is 2.